The number of carboxylic acids is 1. The van der Waals surface area contributed by atoms with E-state index < -0.39 is 68.0 Å². The first kappa shape index (κ1) is 36.2. The van der Waals surface area contributed by atoms with Crippen molar-refractivity contribution in [2.75, 3.05) is 11.3 Å². The first-order chi connectivity index (χ1) is 23.0. The molecule has 4 rings (SSSR count). The van der Waals surface area contributed by atoms with E-state index in [9.17, 15) is 37.5 Å². The van der Waals surface area contributed by atoms with E-state index in [1.165, 1.54) is 54.1 Å². The Hall–Kier alpha value is -5.64. The first-order valence-corrected chi connectivity index (χ1v) is 16.4. The SMILES string of the molecule is CCNC(=O)c1ccc(S(=O)(=O)Nc2cc(F)c(C(=O)N[C@@H](Cc3ccc(-n4c(=O)cc(C(C)C)n(C)c4=O)cc3)C(=O)O)c(F)c2)cc1. The quantitative estimate of drug-likeness (QED) is 0.174. The maximum atomic E-state index is 15.0. The van der Waals surface area contributed by atoms with Crippen LogP contribution in [0.2, 0.25) is 0 Å². The van der Waals surface area contributed by atoms with Gasteiger partial charge in [-0.1, -0.05) is 26.0 Å². The summed E-state index contributed by atoms with van der Waals surface area (Å²) in [4.78, 5) is 62.0. The van der Waals surface area contributed by atoms with Gasteiger partial charge in [-0.3, -0.25) is 19.1 Å². The number of sulfonamides is 1. The Morgan fingerprint density at radius 3 is 2.02 bits per heavy atom. The highest BCUT2D eigenvalue weighted by atomic mass is 32.2. The Labute approximate surface area is 279 Å². The number of halogens is 2. The number of aromatic nitrogens is 2. The highest BCUT2D eigenvalue weighted by Crippen LogP contribution is 2.23. The van der Waals surface area contributed by atoms with Crippen molar-refractivity contribution in [3.05, 3.63) is 122 Å². The maximum absolute atomic E-state index is 15.0. The van der Waals surface area contributed by atoms with Gasteiger partial charge in [-0.05, 0) is 66.9 Å². The molecule has 4 aromatic rings. The van der Waals surface area contributed by atoms with Crippen LogP contribution < -0.4 is 26.6 Å². The molecule has 0 bridgehead atoms. The van der Waals surface area contributed by atoms with Crippen molar-refractivity contribution in [2.24, 2.45) is 7.05 Å². The second-order valence-electron chi connectivity index (χ2n) is 11.3. The average Bonchev–Trinajstić information content (AvgIpc) is 3.02. The van der Waals surface area contributed by atoms with E-state index >= 15 is 8.78 Å². The molecule has 0 fully saturated rings. The van der Waals surface area contributed by atoms with Gasteiger partial charge in [0.2, 0.25) is 0 Å². The summed E-state index contributed by atoms with van der Waals surface area (Å²) in [7, 11) is -2.82. The van der Waals surface area contributed by atoms with Gasteiger partial charge >= 0.3 is 11.7 Å². The number of rotatable bonds is 12. The van der Waals surface area contributed by atoms with Crippen LogP contribution in [0.1, 0.15) is 58.7 Å². The van der Waals surface area contributed by atoms with Crippen LogP contribution in [0.15, 0.2) is 81.2 Å². The molecule has 0 saturated carbocycles. The van der Waals surface area contributed by atoms with Crippen molar-refractivity contribution in [3.63, 3.8) is 0 Å². The van der Waals surface area contributed by atoms with E-state index in [2.05, 4.69) is 10.6 Å². The molecule has 0 radical (unpaired) electrons. The van der Waals surface area contributed by atoms with Crippen LogP contribution in [0.4, 0.5) is 14.5 Å². The van der Waals surface area contributed by atoms with Crippen molar-refractivity contribution >= 4 is 33.5 Å². The average molecular weight is 698 g/mol. The molecule has 0 saturated heterocycles. The molecule has 13 nitrogen and oxygen atoms in total. The maximum Gasteiger partial charge on any atom is 0.335 e. The molecule has 258 valence electrons. The van der Waals surface area contributed by atoms with Gasteiger partial charge in [0.15, 0.2) is 0 Å². The van der Waals surface area contributed by atoms with E-state index in [1.807, 2.05) is 18.6 Å². The molecule has 49 heavy (non-hydrogen) atoms. The predicted molar refractivity (Wildman–Crippen MR) is 176 cm³/mol. The Morgan fingerprint density at radius 1 is 0.898 bits per heavy atom. The van der Waals surface area contributed by atoms with Crippen LogP contribution >= 0.6 is 0 Å². The minimum Gasteiger partial charge on any atom is -0.480 e. The number of anilines is 1. The van der Waals surface area contributed by atoms with E-state index in [0.717, 1.165) is 16.7 Å². The molecular formula is C33H33F2N5O8S. The third-order valence-corrected chi connectivity index (χ3v) is 8.87. The van der Waals surface area contributed by atoms with Crippen LogP contribution in [-0.2, 0) is 28.3 Å². The van der Waals surface area contributed by atoms with Gasteiger partial charge in [0.05, 0.1) is 16.3 Å². The molecular weight excluding hydrogens is 664 g/mol. The lowest BCUT2D eigenvalue weighted by molar-refractivity contribution is -0.139. The summed E-state index contributed by atoms with van der Waals surface area (Å²) in [5, 5.41) is 14.4. The normalized spacial score (nSPS) is 12.0. The van der Waals surface area contributed by atoms with Crippen LogP contribution in [0.25, 0.3) is 5.69 Å². The third-order valence-electron chi connectivity index (χ3n) is 7.47. The first-order valence-electron chi connectivity index (χ1n) is 14.9. The molecule has 3 aromatic carbocycles. The second-order valence-corrected chi connectivity index (χ2v) is 13.0. The minimum atomic E-state index is -4.36. The summed E-state index contributed by atoms with van der Waals surface area (Å²) >= 11 is 0. The van der Waals surface area contributed by atoms with Crippen molar-refractivity contribution in [2.45, 2.75) is 44.0 Å². The monoisotopic (exact) mass is 697 g/mol. The number of hydrogen-bond donors (Lipinski definition) is 4. The van der Waals surface area contributed by atoms with Crippen molar-refractivity contribution in [1.82, 2.24) is 19.8 Å². The number of hydrogen-bond acceptors (Lipinski definition) is 7. The topological polar surface area (TPSA) is 186 Å². The molecule has 0 aliphatic carbocycles. The number of carbonyl (C=O) groups is 3. The molecule has 2 amide bonds. The minimum absolute atomic E-state index is 0.0741. The highest BCUT2D eigenvalue weighted by Gasteiger charge is 2.27. The van der Waals surface area contributed by atoms with Crippen LogP contribution in [-0.4, -0.2) is 53.0 Å². The zero-order chi connectivity index (χ0) is 36.2. The summed E-state index contributed by atoms with van der Waals surface area (Å²) in [6.07, 6.45) is -0.333. The molecule has 0 aliphatic rings. The molecule has 1 aromatic heterocycles. The summed E-state index contributed by atoms with van der Waals surface area (Å²) < 4.78 is 59.9. The number of benzene rings is 3. The van der Waals surface area contributed by atoms with E-state index in [-0.39, 0.29) is 28.5 Å². The lowest BCUT2D eigenvalue weighted by Gasteiger charge is -2.17. The molecule has 0 unspecified atom stereocenters. The van der Waals surface area contributed by atoms with Gasteiger partial charge in [-0.25, -0.2) is 31.4 Å². The zero-order valence-electron chi connectivity index (χ0n) is 26.8. The lowest BCUT2D eigenvalue weighted by atomic mass is 10.0. The van der Waals surface area contributed by atoms with Crippen molar-refractivity contribution in [3.8, 4) is 5.69 Å². The fraction of sp³-hybridized carbons (Fsp3) is 0.242. The van der Waals surface area contributed by atoms with E-state index in [0.29, 0.717) is 29.9 Å². The number of carbonyl (C=O) groups excluding carboxylic acids is 2. The van der Waals surface area contributed by atoms with Crippen LogP contribution in [0.5, 0.6) is 0 Å². The summed E-state index contributed by atoms with van der Waals surface area (Å²) in [6.45, 7) is 5.75. The molecule has 16 heteroatoms. The molecule has 0 aliphatic heterocycles. The largest absolute Gasteiger partial charge is 0.480 e. The summed E-state index contributed by atoms with van der Waals surface area (Å²) in [5.41, 5.74) is -1.51. The fourth-order valence-corrected chi connectivity index (χ4v) is 6.03. The number of carboxylic acid groups (broad SMARTS) is 1. The predicted octanol–water partition coefficient (Wildman–Crippen LogP) is 2.91. The Morgan fingerprint density at radius 2 is 1.49 bits per heavy atom. The lowest BCUT2D eigenvalue weighted by Crippen LogP contribution is -2.43. The number of amides is 2. The van der Waals surface area contributed by atoms with Crippen LogP contribution in [0, 0.1) is 11.6 Å². The Kier molecular flexibility index (Phi) is 10.8. The van der Waals surface area contributed by atoms with E-state index in [4.69, 9.17) is 0 Å². The smallest absolute Gasteiger partial charge is 0.335 e. The fourth-order valence-electron chi connectivity index (χ4n) is 4.99. The van der Waals surface area contributed by atoms with Gasteiger partial charge in [0.25, 0.3) is 27.4 Å². The van der Waals surface area contributed by atoms with Crippen LogP contribution in [0.3, 0.4) is 0 Å². The van der Waals surface area contributed by atoms with E-state index in [1.54, 1.807) is 6.92 Å². The van der Waals surface area contributed by atoms with Gasteiger partial charge in [-0.2, -0.15) is 0 Å². The molecule has 1 atom stereocenters. The summed E-state index contributed by atoms with van der Waals surface area (Å²) in [5.74, 6) is -6.36. The van der Waals surface area contributed by atoms with Crippen molar-refractivity contribution < 1.29 is 36.7 Å². The zero-order valence-corrected chi connectivity index (χ0v) is 27.6. The second kappa shape index (κ2) is 14.6. The van der Waals surface area contributed by atoms with Gasteiger partial charge < -0.3 is 20.3 Å². The van der Waals surface area contributed by atoms with Gasteiger partial charge in [-0.15, -0.1) is 0 Å². The number of nitrogens with one attached hydrogen (secondary N) is 3. The van der Waals surface area contributed by atoms with Gasteiger partial charge in [0, 0.05) is 37.3 Å². The third kappa shape index (κ3) is 8.09. The molecule has 4 N–H and O–H groups in total. The molecule has 1 heterocycles. The van der Waals surface area contributed by atoms with Crippen molar-refractivity contribution in [1.29, 1.82) is 0 Å². The summed E-state index contributed by atoms with van der Waals surface area (Å²) in [6, 6.07) is 11.3. The Bertz CT molecular complexity index is 2120. The van der Waals surface area contributed by atoms with Gasteiger partial charge in [0.1, 0.15) is 23.2 Å². The number of aliphatic carboxylic acids is 1. The molecule has 0 spiro atoms. The number of nitrogens with zero attached hydrogens (tertiary/aromatic N) is 2. The Balaban J connectivity index is 1.49. The highest BCUT2D eigenvalue weighted by molar-refractivity contribution is 7.92. The standard InChI is InChI=1S/C33H33F2N5O8S/c1-5-36-30(42)20-8-12-23(13-9-20)49(47,48)38-21-15-24(34)29(25(35)16-21)31(43)37-26(32(44)45)14-19-6-10-22(11-7-19)40-28(41)17-27(18(2)3)39(4)33(40)46/h6-13,15-18,26,38H,5,14H2,1-4H3,(H,36,42)(H,37,43)(H,44,45)/t26-/m0/s1.